The summed E-state index contributed by atoms with van der Waals surface area (Å²) in [5.74, 6) is 1.54. The lowest BCUT2D eigenvalue weighted by molar-refractivity contribution is -0.124. The van der Waals surface area contributed by atoms with E-state index >= 15 is 0 Å². The maximum absolute atomic E-state index is 11.1. The Morgan fingerprint density at radius 2 is 2.00 bits per heavy atom. The highest BCUT2D eigenvalue weighted by atomic mass is 16.2. The summed E-state index contributed by atoms with van der Waals surface area (Å²) in [7, 11) is 0. The third-order valence-electron chi connectivity index (χ3n) is 2.54. The van der Waals surface area contributed by atoms with Crippen LogP contribution in [-0.2, 0) is 9.59 Å². The van der Waals surface area contributed by atoms with Crippen molar-refractivity contribution in [3.63, 3.8) is 0 Å². The van der Waals surface area contributed by atoms with Gasteiger partial charge in [-0.3, -0.25) is 4.79 Å². The van der Waals surface area contributed by atoms with Gasteiger partial charge in [0.1, 0.15) is 5.78 Å². The van der Waals surface area contributed by atoms with Crippen LogP contribution in [0, 0.1) is 11.8 Å². The van der Waals surface area contributed by atoms with E-state index in [1.165, 1.54) is 13.3 Å². The maximum atomic E-state index is 11.1. The minimum Gasteiger partial charge on any atom is -0.356 e. The Bertz CT molecular complexity index is 213. The molecule has 0 aromatic heterocycles. The van der Waals surface area contributed by atoms with Crippen molar-refractivity contribution in [3.8, 4) is 0 Å². The summed E-state index contributed by atoms with van der Waals surface area (Å²) < 4.78 is 0. The monoisotopic (exact) mass is 183 g/mol. The Kier molecular flexibility index (Phi) is 3.46. The molecule has 74 valence electrons. The van der Waals surface area contributed by atoms with Crippen LogP contribution in [-0.4, -0.2) is 18.2 Å². The highest BCUT2D eigenvalue weighted by Gasteiger charge is 2.32. The molecule has 3 heteroatoms. The van der Waals surface area contributed by atoms with Gasteiger partial charge in [0.15, 0.2) is 0 Å². The molecule has 1 aliphatic carbocycles. The maximum Gasteiger partial charge on any atom is 0.220 e. The zero-order valence-corrected chi connectivity index (χ0v) is 8.30. The average Bonchev–Trinajstić information content (AvgIpc) is 2.75. The first-order chi connectivity index (χ1) is 6.09. The molecule has 0 bridgehead atoms. The van der Waals surface area contributed by atoms with Gasteiger partial charge in [-0.2, -0.15) is 0 Å². The van der Waals surface area contributed by atoms with Gasteiger partial charge in [-0.25, -0.2) is 0 Å². The molecule has 0 heterocycles. The highest BCUT2D eigenvalue weighted by Crippen LogP contribution is 2.36. The fourth-order valence-corrected chi connectivity index (χ4v) is 1.31. The van der Waals surface area contributed by atoms with Crippen LogP contribution in [0.4, 0.5) is 0 Å². The standard InChI is InChI=1S/C10H17NO2/c1-7-5-9(7)6-11-10(13)4-3-8(2)12/h7,9H,3-6H2,1-2H3,(H,11,13). The first-order valence-corrected chi connectivity index (χ1v) is 4.85. The van der Waals surface area contributed by atoms with E-state index in [2.05, 4.69) is 12.2 Å². The van der Waals surface area contributed by atoms with Gasteiger partial charge in [-0.1, -0.05) is 6.92 Å². The first-order valence-electron chi connectivity index (χ1n) is 4.85. The van der Waals surface area contributed by atoms with E-state index in [1.54, 1.807) is 0 Å². The number of carbonyl (C=O) groups excluding carboxylic acids is 2. The van der Waals surface area contributed by atoms with Gasteiger partial charge in [-0.05, 0) is 25.2 Å². The van der Waals surface area contributed by atoms with E-state index in [0.29, 0.717) is 18.8 Å². The van der Waals surface area contributed by atoms with Crippen molar-refractivity contribution >= 4 is 11.7 Å². The van der Waals surface area contributed by atoms with Crippen LogP contribution in [0.15, 0.2) is 0 Å². The van der Waals surface area contributed by atoms with Crippen LogP contribution in [0.3, 0.4) is 0 Å². The predicted molar refractivity (Wildman–Crippen MR) is 50.2 cm³/mol. The summed E-state index contributed by atoms with van der Waals surface area (Å²) >= 11 is 0. The number of amides is 1. The van der Waals surface area contributed by atoms with Crippen molar-refractivity contribution in [2.24, 2.45) is 11.8 Å². The van der Waals surface area contributed by atoms with E-state index in [0.717, 1.165) is 12.5 Å². The van der Waals surface area contributed by atoms with Crippen LogP contribution in [0.5, 0.6) is 0 Å². The molecule has 0 spiro atoms. The van der Waals surface area contributed by atoms with Crippen LogP contribution < -0.4 is 5.32 Å². The molecule has 0 saturated heterocycles. The van der Waals surface area contributed by atoms with Crippen molar-refractivity contribution < 1.29 is 9.59 Å². The van der Waals surface area contributed by atoms with Gasteiger partial charge >= 0.3 is 0 Å². The molecule has 1 fully saturated rings. The Morgan fingerprint density at radius 1 is 1.38 bits per heavy atom. The lowest BCUT2D eigenvalue weighted by atomic mass is 10.2. The number of carbonyl (C=O) groups is 2. The van der Waals surface area contributed by atoms with Crippen LogP contribution in [0.2, 0.25) is 0 Å². The Labute approximate surface area is 78.9 Å². The second-order valence-corrected chi connectivity index (χ2v) is 3.98. The number of hydrogen-bond acceptors (Lipinski definition) is 2. The first kappa shape index (κ1) is 10.2. The summed E-state index contributed by atoms with van der Waals surface area (Å²) in [6.45, 7) is 4.49. The molecule has 3 nitrogen and oxygen atoms in total. The van der Waals surface area contributed by atoms with Crippen LogP contribution >= 0.6 is 0 Å². The molecule has 1 saturated carbocycles. The fraction of sp³-hybridized carbons (Fsp3) is 0.800. The number of ketones is 1. The molecule has 1 N–H and O–H groups in total. The van der Waals surface area contributed by atoms with Crippen molar-refractivity contribution in [2.75, 3.05) is 6.54 Å². The normalized spacial score (nSPS) is 25.4. The van der Waals surface area contributed by atoms with Gasteiger partial charge in [0.2, 0.25) is 5.91 Å². The summed E-state index contributed by atoms with van der Waals surface area (Å²) in [5.41, 5.74) is 0. The number of hydrogen-bond donors (Lipinski definition) is 1. The van der Waals surface area contributed by atoms with Crippen molar-refractivity contribution in [1.82, 2.24) is 5.32 Å². The predicted octanol–water partition coefficient (Wildman–Crippen LogP) is 1.13. The number of Topliss-reactive ketones (excluding diaryl/α,β-unsaturated/α-hetero) is 1. The molecule has 1 aliphatic rings. The van der Waals surface area contributed by atoms with Gasteiger partial charge in [0, 0.05) is 19.4 Å². The molecule has 0 aromatic rings. The van der Waals surface area contributed by atoms with Gasteiger partial charge in [0.25, 0.3) is 0 Å². The summed E-state index contributed by atoms with van der Waals surface area (Å²) in [4.78, 5) is 21.7. The molecular weight excluding hydrogens is 166 g/mol. The second-order valence-electron chi connectivity index (χ2n) is 3.98. The zero-order valence-electron chi connectivity index (χ0n) is 8.30. The molecule has 0 radical (unpaired) electrons. The fourth-order valence-electron chi connectivity index (χ4n) is 1.31. The third-order valence-corrected chi connectivity index (χ3v) is 2.54. The van der Waals surface area contributed by atoms with Crippen LogP contribution in [0.1, 0.15) is 33.1 Å². The third kappa shape index (κ3) is 4.06. The summed E-state index contributed by atoms with van der Waals surface area (Å²) in [6.07, 6.45) is 1.94. The molecule has 13 heavy (non-hydrogen) atoms. The van der Waals surface area contributed by atoms with Crippen LogP contribution in [0.25, 0.3) is 0 Å². The van der Waals surface area contributed by atoms with E-state index in [4.69, 9.17) is 0 Å². The minimum absolute atomic E-state index is 0.00861. The topological polar surface area (TPSA) is 46.2 Å². The largest absolute Gasteiger partial charge is 0.356 e. The van der Waals surface area contributed by atoms with Gasteiger partial charge < -0.3 is 10.1 Å². The Balaban J connectivity index is 2.01. The SMILES string of the molecule is CC(=O)CCC(=O)NCC1CC1C. The highest BCUT2D eigenvalue weighted by molar-refractivity contribution is 5.83. The smallest absolute Gasteiger partial charge is 0.220 e. The van der Waals surface area contributed by atoms with E-state index in [9.17, 15) is 9.59 Å². The Hall–Kier alpha value is -0.860. The zero-order chi connectivity index (χ0) is 9.84. The summed E-state index contributed by atoms with van der Waals surface area (Å²) in [5, 5.41) is 2.84. The average molecular weight is 183 g/mol. The summed E-state index contributed by atoms with van der Waals surface area (Å²) in [6, 6.07) is 0. The quantitative estimate of drug-likeness (QED) is 0.694. The molecular formula is C10H17NO2. The number of nitrogens with one attached hydrogen (secondary N) is 1. The van der Waals surface area contributed by atoms with Crippen molar-refractivity contribution in [1.29, 1.82) is 0 Å². The van der Waals surface area contributed by atoms with Crippen molar-refractivity contribution in [2.45, 2.75) is 33.1 Å². The molecule has 1 amide bonds. The minimum atomic E-state index is 0.00861. The lowest BCUT2D eigenvalue weighted by Crippen LogP contribution is -2.26. The van der Waals surface area contributed by atoms with Gasteiger partial charge in [-0.15, -0.1) is 0 Å². The molecule has 0 aromatic carbocycles. The van der Waals surface area contributed by atoms with E-state index in [1.807, 2.05) is 0 Å². The van der Waals surface area contributed by atoms with E-state index in [-0.39, 0.29) is 11.7 Å². The number of rotatable bonds is 5. The molecule has 2 atom stereocenters. The van der Waals surface area contributed by atoms with E-state index < -0.39 is 0 Å². The van der Waals surface area contributed by atoms with Crippen molar-refractivity contribution in [3.05, 3.63) is 0 Å². The molecule has 1 rings (SSSR count). The van der Waals surface area contributed by atoms with Gasteiger partial charge in [0.05, 0.1) is 0 Å². The second kappa shape index (κ2) is 4.40. The molecule has 2 unspecified atom stereocenters. The lowest BCUT2D eigenvalue weighted by Gasteiger charge is -2.02. The molecule has 0 aliphatic heterocycles. The Morgan fingerprint density at radius 3 is 2.46 bits per heavy atom.